The number of anilines is 1. The summed E-state index contributed by atoms with van der Waals surface area (Å²) in [6.07, 6.45) is 4.63. The van der Waals surface area contributed by atoms with Crippen LogP contribution in [0.4, 0.5) is 17.1 Å². The summed E-state index contributed by atoms with van der Waals surface area (Å²) >= 11 is 6.00. The van der Waals surface area contributed by atoms with Crippen LogP contribution in [0.5, 0.6) is 5.75 Å². The van der Waals surface area contributed by atoms with Crippen molar-refractivity contribution in [1.29, 1.82) is 0 Å². The number of amides is 1. The molecule has 1 amide bonds. The minimum absolute atomic E-state index is 0.314. The first-order valence-corrected chi connectivity index (χ1v) is 7.97. The van der Waals surface area contributed by atoms with Crippen molar-refractivity contribution in [3.63, 3.8) is 0 Å². The molecule has 0 spiro atoms. The van der Waals surface area contributed by atoms with Crippen molar-refractivity contribution >= 4 is 34.6 Å². The van der Waals surface area contributed by atoms with E-state index < -0.39 is 0 Å². The molecule has 130 valence electrons. The average Bonchev–Trinajstić information content (AvgIpc) is 2.68. The zero-order chi connectivity index (χ0) is 18.4. The van der Waals surface area contributed by atoms with Crippen molar-refractivity contribution in [2.45, 2.75) is 0 Å². The van der Waals surface area contributed by atoms with Crippen LogP contribution >= 0.6 is 11.6 Å². The Kier molecular flexibility index (Phi) is 5.50. The summed E-state index contributed by atoms with van der Waals surface area (Å²) in [4.78, 5) is 20.1. The Morgan fingerprint density at radius 2 is 1.96 bits per heavy atom. The number of carbonyl (C=O) groups is 1. The molecule has 26 heavy (non-hydrogen) atoms. The summed E-state index contributed by atoms with van der Waals surface area (Å²) in [5, 5.41) is 11.4. The molecule has 0 fully saturated rings. The summed E-state index contributed by atoms with van der Waals surface area (Å²) in [7, 11) is 1.51. The molecule has 0 aliphatic rings. The fraction of sp³-hybridized carbons (Fsp3) is 0.0556. The summed E-state index contributed by atoms with van der Waals surface area (Å²) in [5.41, 5.74) is 1.87. The number of ether oxygens (including phenoxy) is 1. The van der Waals surface area contributed by atoms with Crippen LogP contribution < -0.4 is 10.1 Å². The van der Waals surface area contributed by atoms with Crippen LogP contribution in [0.3, 0.4) is 0 Å². The Hall–Kier alpha value is -3.32. The van der Waals surface area contributed by atoms with Gasteiger partial charge >= 0.3 is 0 Å². The Morgan fingerprint density at radius 1 is 1.12 bits per heavy atom. The molecule has 8 heteroatoms. The molecule has 3 aromatic rings. The lowest BCUT2D eigenvalue weighted by Gasteiger charge is -2.08. The number of azo groups is 1. The monoisotopic (exact) mass is 367 g/mol. The van der Waals surface area contributed by atoms with Crippen molar-refractivity contribution in [2.75, 3.05) is 12.4 Å². The molecule has 0 aliphatic heterocycles. The van der Waals surface area contributed by atoms with Crippen molar-refractivity contribution in [3.8, 4) is 5.75 Å². The molecular formula is C18H14ClN5O2. The maximum absolute atomic E-state index is 12.2. The number of aromatic nitrogens is 2. The highest BCUT2D eigenvalue weighted by Gasteiger charge is 2.09. The molecule has 1 aromatic carbocycles. The zero-order valence-corrected chi connectivity index (χ0v) is 14.5. The van der Waals surface area contributed by atoms with Crippen LogP contribution in [0, 0.1) is 0 Å². The largest absolute Gasteiger partial charge is 0.494 e. The molecule has 0 saturated carbocycles. The van der Waals surface area contributed by atoms with Gasteiger partial charge in [-0.1, -0.05) is 17.7 Å². The third-order valence-corrected chi connectivity index (χ3v) is 3.64. The van der Waals surface area contributed by atoms with Crippen LogP contribution in [0.25, 0.3) is 0 Å². The van der Waals surface area contributed by atoms with Gasteiger partial charge in [0.25, 0.3) is 5.91 Å². The minimum atomic E-state index is -0.314. The van der Waals surface area contributed by atoms with Gasteiger partial charge in [0.15, 0.2) is 0 Å². The number of halogens is 1. The normalized spacial score (nSPS) is 10.7. The van der Waals surface area contributed by atoms with E-state index in [-0.39, 0.29) is 5.91 Å². The summed E-state index contributed by atoms with van der Waals surface area (Å²) in [6.45, 7) is 0. The lowest BCUT2D eigenvalue weighted by molar-refractivity contribution is 0.102. The van der Waals surface area contributed by atoms with Gasteiger partial charge in [-0.05, 0) is 30.3 Å². The van der Waals surface area contributed by atoms with Gasteiger partial charge in [-0.25, -0.2) is 0 Å². The lowest BCUT2D eigenvalue weighted by Crippen LogP contribution is -2.13. The molecule has 1 N–H and O–H groups in total. The molecule has 0 aliphatic carbocycles. The number of methoxy groups -OCH3 is 1. The molecule has 0 saturated heterocycles. The number of nitrogens with zero attached hydrogens (tertiary/aromatic N) is 4. The Bertz CT molecular complexity index is 947. The zero-order valence-electron chi connectivity index (χ0n) is 13.8. The first-order chi connectivity index (χ1) is 12.7. The van der Waals surface area contributed by atoms with Crippen molar-refractivity contribution in [2.24, 2.45) is 10.2 Å². The molecule has 0 bridgehead atoms. The molecule has 2 heterocycles. The SMILES string of the molecule is COc1cc(NC(=O)c2ccccn2)ccc1N=Nc1ccncc1Cl. The summed E-state index contributed by atoms with van der Waals surface area (Å²) in [5.74, 6) is 0.142. The lowest BCUT2D eigenvalue weighted by atomic mass is 10.2. The van der Waals surface area contributed by atoms with Crippen LogP contribution in [0.2, 0.25) is 5.02 Å². The second-order valence-corrected chi connectivity index (χ2v) is 5.49. The van der Waals surface area contributed by atoms with Crippen molar-refractivity contribution in [1.82, 2.24) is 9.97 Å². The molecular weight excluding hydrogens is 354 g/mol. The number of nitrogens with one attached hydrogen (secondary N) is 1. The van der Waals surface area contributed by atoms with Gasteiger partial charge in [-0.3, -0.25) is 14.8 Å². The highest BCUT2D eigenvalue weighted by molar-refractivity contribution is 6.32. The minimum Gasteiger partial charge on any atom is -0.494 e. The maximum Gasteiger partial charge on any atom is 0.274 e. The van der Waals surface area contributed by atoms with E-state index in [1.54, 1.807) is 54.9 Å². The predicted molar refractivity (Wildman–Crippen MR) is 98.6 cm³/mol. The second-order valence-electron chi connectivity index (χ2n) is 5.08. The Balaban J connectivity index is 1.80. The van der Waals surface area contributed by atoms with Gasteiger partial charge in [0.1, 0.15) is 22.8 Å². The third-order valence-electron chi connectivity index (χ3n) is 3.35. The topological polar surface area (TPSA) is 88.8 Å². The molecule has 7 nitrogen and oxygen atoms in total. The second kappa shape index (κ2) is 8.17. The predicted octanol–water partition coefficient (Wildman–Crippen LogP) is 4.81. The van der Waals surface area contributed by atoms with Crippen molar-refractivity contribution in [3.05, 3.63) is 71.8 Å². The van der Waals surface area contributed by atoms with Gasteiger partial charge in [0.2, 0.25) is 0 Å². The van der Waals surface area contributed by atoms with Crippen LogP contribution in [0.1, 0.15) is 10.5 Å². The van der Waals surface area contributed by atoms with E-state index in [9.17, 15) is 4.79 Å². The van der Waals surface area contributed by atoms with Gasteiger partial charge in [0, 0.05) is 30.3 Å². The highest BCUT2D eigenvalue weighted by atomic mass is 35.5. The number of hydrogen-bond acceptors (Lipinski definition) is 6. The van der Waals surface area contributed by atoms with Gasteiger partial charge in [-0.2, -0.15) is 0 Å². The van der Waals surface area contributed by atoms with E-state index in [4.69, 9.17) is 16.3 Å². The average molecular weight is 368 g/mol. The molecule has 0 unspecified atom stereocenters. The van der Waals surface area contributed by atoms with E-state index >= 15 is 0 Å². The molecule has 0 atom stereocenters. The van der Waals surface area contributed by atoms with Crippen molar-refractivity contribution < 1.29 is 9.53 Å². The van der Waals surface area contributed by atoms with E-state index in [1.165, 1.54) is 13.3 Å². The van der Waals surface area contributed by atoms with E-state index in [2.05, 4.69) is 25.5 Å². The maximum atomic E-state index is 12.2. The fourth-order valence-corrected chi connectivity index (χ4v) is 2.24. The summed E-state index contributed by atoms with van der Waals surface area (Å²) < 4.78 is 5.33. The molecule has 2 aromatic heterocycles. The quantitative estimate of drug-likeness (QED) is 0.655. The van der Waals surface area contributed by atoms with E-state index in [1.807, 2.05) is 0 Å². The van der Waals surface area contributed by atoms with Gasteiger partial charge in [-0.15, -0.1) is 10.2 Å². The molecule has 3 rings (SSSR count). The van der Waals surface area contributed by atoms with Gasteiger partial charge < -0.3 is 10.1 Å². The third kappa shape index (κ3) is 4.20. The number of hydrogen-bond donors (Lipinski definition) is 1. The Labute approximate surface area is 154 Å². The van der Waals surface area contributed by atoms with Crippen LogP contribution in [-0.4, -0.2) is 23.0 Å². The first kappa shape index (κ1) is 17.5. The number of benzene rings is 1. The standard InChI is InChI=1S/C18H14ClN5O2/c1-26-17-10-12(22-18(25)16-4-2-3-8-21-16)5-6-15(17)24-23-14-7-9-20-11-13(14)19/h2-11H,1H3,(H,22,25). The number of pyridine rings is 2. The number of rotatable bonds is 5. The van der Waals surface area contributed by atoms with E-state index in [0.29, 0.717) is 33.5 Å². The molecule has 0 radical (unpaired) electrons. The van der Waals surface area contributed by atoms with Crippen LogP contribution in [0.15, 0.2) is 71.3 Å². The smallest absolute Gasteiger partial charge is 0.274 e. The highest BCUT2D eigenvalue weighted by Crippen LogP contribution is 2.33. The fourth-order valence-electron chi connectivity index (χ4n) is 2.09. The van der Waals surface area contributed by atoms with Gasteiger partial charge in [0.05, 0.1) is 12.1 Å². The first-order valence-electron chi connectivity index (χ1n) is 7.59. The number of carbonyl (C=O) groups excluding carboxylic acids is 1. The summed E-state index contributed by atoms with van der Waals surface area (Å²) in [6, 6.07) is 11.8. The van der Waals surface area contributed by atoms with E-state index in [0.717, 1.165) is 0 Å². The Morgan fingerprint density at radius 3 is 2.69 bits per heavy atom. The van der Waals surface area contributed by atoms with Crippen LogP contribution in [-0.2, 0) is 0 Å².